The molecule has 2 fully saturated rings. The van der Waals surface area contributed by atoms with Crippen molar-refractivity contribution in [2.24, 2.45) is 4.99 Å². The number of carbonyl (C=O) groups is 2. The van der Waals surface area contributed by atoms with E-state index in [4.69, 9.17) is 4.99 Å². The first-order valence-electron chi connectivity index (χ1n) is 12.7. The van der Waals surface area contributed by atoms with Gasteiger partial charge in [0.05, 0.1) is 0 Å². The largest absolute Gasteiger partial charge is 0.340 e. The maximum Gasteiger partial charge on any atom is 0.328 e. The van der Waals surface area contributed by atoms with Crippen molar-refractivity contribution in [3.8, 4) is 0 Å². The Hall–Kier alpha value is -3.18. The highest BCUT2D eigenvalue weighted by molar-refractivity contribution is 7.99. The summed E-state index contributed by atoms with van der Waals surface area (Å²) in [7, 11) is 3.28. The minimum absolute atomic E-state index is 0.206. The number of carbonyl (C=O) groups excluding carboxylic acids is 2. The normalized spacial score (nSPS) is 22.5. The van der Waals surface area contributed by atoms with Gasteiger partial charge in [-0.2, -0.15) is 0 Å². The summed E-state index contributed by atoms with van der Waals surface area (Å²) in [5.41, 5.74) is 3.19. The number of aliphatic imine (C=N–C) groups is 1. The van der Waals surface area contributed by atoms with E-state index in [1.807, 2.05) is 26.0 Å². The molecule has 10 nitrogen and oxygen atoms in total. The molecule has 3 aliphatic heterocycles. The maximum absolute atomic E-state index is 13.3. The Morgan fingerprint density at radius 2 is 1.65 bits per heavy atom. The fourth-order valence-electron chi connectivity index (χ4n) is 5.19. The van der Waals surface area contributed by atoms with Gasteiger partial charge in [0.25, 0.3) is 5.91 Å². The van der Waals surface area contributed by atoms with Gasteiger partial charge in [-0.15, -0.1) is 0 Å². The fraction of sp³-hybridized carbons (Fsp3) is 0.500. The van der Waals surface area contributed by atoms with E-state index in [-0.39, 0.29) is 11.9 Å². The predicted octanol–water partition coefficient (Wildman–Crippen LogP) is 1.89. The van der Waals surface area contributed by atoms with Gasteiger partial charge in [-0.25, -0.2) is 19.8 Å². The van der Waals surface area contributed by atoms with Crippen molar-refractivity contribution in [3.63, 3.8) is 0 Å². The number of fused-ring (bicyclic) bond motifs is 1. The molecule has 5 rings (SSSR count). The van der Waals surface area contributed by atoms with Crippen LogP contribution in [0.25, 0.3) is 0 Å². The molecule has 3 aliphatic rings. The van der Waals surface area contributed by atoms with Crippen molar-refractivity contribution < 1.29 is 9.59 Å². The molecule has 0 bridgehead atoms. The first-order valence-corrected chi connectivity index (χ1v) is 13.7. The van der Waals surface area contributed by atoms with E-state index >= 15 is 0 Å². The third-order valence-corrected chi connectivity index (χ3v) is 7.95. The van der Waals surface area contributed by atoms with Gasteiger partial charge in [-0.05, 0) is 25.5 Å². The van der Waals surface area contributed by atoms with E-state index in [0.29, 0.717) is 12.3 Å². The van der Waals surface area contributed by atoms with Crippen molar-refractivity contribution in [3.05, 3.63) is 53.3 Å². The lowest BCUT2D eigenvalue weighted by molar-refractivity contribution is -0.136. The van der Waals surface area contributed by atoms with Crippen LogP contribution in [0, 0.1) is 13.8 Å². The smallest absolute Gasteiger partial charge is 0.328 e. The number of guanidine groups is 1. The van der Waals surface area contributed by atoms with Crippen LogP contribution >= 0.6 is 11.8 Å². The number of hydrogen-bond acceptors (Lipinski definition) is 9. The molecule has 4 heterocycles. The number of rotatable bonds is 6. The van der Waals surface area contributed by atoms with Gasteiger partial charge in [0.1, 0.15) is 0 Å². The zero-order valence-electron chi connectivity index (χ0n) is 21.9. The molecule has 2 unspecified atom stereocenters. The Morgan fingerprint density at radius 3 is 2.32 bits per heavy atom. The number of urea groups is 1. The molecule has 0 N–H and O–H groups in total. The second-order valence-corrected chi connectivity index (χ2v) is 10.9. The molecule has 11 heteroatoms. The second kappa shape index (κ2) is 10.7. The highest BCUT2D eigenvalue weighted by atomic mass is 32.2. The number of benzene rings is 1. The molecule has 1 aromatic carbocycles. The third-order valence-electron chi connectivity index (χ3n) is 7.12. The van der Waals surface area contributed by atoms with Crippen molar-refractivity contribution in [1.82, 2.24) is 34.5 Å². The first-order chi connectivity index (χ1) is 17.8. The lowest BCUT2D eigenvalue weighted by atomic mass is 10.1. The highest BCUT2D eigenvalue weighted by Crippen LogP contribution is 2.29. The number of piperazine rings is 1. The number of aromatic nitrogens is 2. The van der Waals surface area contributed by atoms with Gasteiger partial charge < -0.3 is 14.7 Å². The monoisotopic (exact) mass is 522 g/mol. The summed E-state index contributed by atoms with van der Waals surface area (Å²) in [6.45, 7) is 8.91. The van der Waals surface area contributed by atoms with E-state index in [2.05, 4.69) is 48.9 Å². The number of imide groups is 1. The molecule has 1 aromatic heterocycles. The predicted molar refractivity (Wildman–Crippen MR) is 143 cm³/mol. The molecule has 2 aromatic rings. The zero-order chi connectivity index (χ0) is 26.1. The summed E-state index contributed by atoms with van der Waals surface area (Å²) in [5.74, 6) is 1.30. The van der Waals surface area contributed by atoms with Gasteiger partial charge in [-0.1, -0.05) is 42.1 Å². The van der Waals surface area contributed by atoms with Crippen LogP contribution in [-0.2, 0) is 11.3 Å². The molecule has 0 aliphatic carbocycles. The Bertz CT molecular complexity index is 1160. The van der Waals surface area contributed by atoms with Crippen LogP contribution in [0.3, 0.4) is 0 Å². The molecule has 2 atom stereocenters. The SMILES string of the molecule is Cc1cc(C)nc(SCCN2C(N3CCN(Cc4ccccc4)CC3)=NC3C2C(=O)N(C)C(=O)N3C)n1. The Kier molecular flexibility index (Phi) is 7.34. The van der Waals surface area contributed by atoms with Gasteiger partial charge in [0.15, 0.2) is 23.3 Å². The molecule has 0 saturated carbocycles. The molecule has 37 heavy (non-hydrogen) atoms. The molecule has 0 spiro atoms. The van der Waals surface area contributed by atoms with E-state index in [9.17, 15) is 9.59 Å². The van der Waals surface area contributed by atoms with E-state index in [1.54, 1.807) is 30.8 Å². The van der Waals surface area contributed by atoms with Crippen LogP contribution < -0.4 is 0 Å². The van der Waals surface area contributed by atoms with Crippen molar-refractivity contribution in [2.45, 2.75) is 37.8 Å². The quantitative estimate of drug-likeness (QED) is 0.420. The van der Waals surface area contributed by atoms with Gasteiger partial charge in [-0.3, -0.25) is 14.6 Å². The molecule has 3 amide bonds. The number of nitrogens with zero attached hydrogens (tertiary/aromatic N) is 8. The van der Waals surface area contributed by atoms with Crippen molar-refractivity contribution in [2.75, 3.05) is 52.6 Å². The second-order valence-electron chi connectivity index (χ2n) is 9.80. The number of thioether (sulfide) groups is 1. The summed E-state index contributed by atoms with van der Waals surface area (Å²) < 4.78 is 0. The van der Waals surface area contributed by atoms with Gasteiger partial charge in [0.2, 0.25) is 0 Å². The van der Waals surface area contributed by atoms with Crippen LogP contribution in [0.1, 0.15) is 17.0 Å². The molecule has 0 radical (unpaired) electrons. The standard InChI is InChI=1S/C26H34N8O2S/c1-18-16-19(2)28-24(27-18)37-15-14-34-21-22(30(3)26(36)31(4)23(21)35)29-25(34)33-12-10-32(11-13-33)17-20-8-6-5-7-9-20/h5-9,16,21-22H,10-15,17H2,1-4H3. The van der Waals surface area contributed by atoms with Crippen molar-refractivity contribution >= 4 is 29.7 Å². The lowest BCUT2D eigenvalue weighted by Gasteiger charge is -2.42. The minimum atomic E-state index is -0.522. The van der Waals surface area contributed by atoms with E-state index in [0.717, 1.165) is 55.2 Å². The summed E-state index contributed by atoms with van der Waals surface area (Å²) >= 11 is 1.58. The average Bonchev–Trinajstić information content (AvgIpc) is 3.26. The number of aryl methyl sites for hydroxylation is 2. The Balaban J connectivity index is 1.30. The maximum atomic E-state index is 13.3. The molecular formula is C26H34N8O2S. The number of amides is 3. The minimum Gasteiger partial charge on any atom is -0.340 e. The molecular weight excluding hydrogens is 488 g/mol. The summed E-state index contributed by atoms with van der Waals surface area (Å²) in [6.07, 6.45) is -0.518. The molecule has 2 saturated heterocycles. The van der Waals surface area contributed by atoms with Crippen LogP contribution in [-0.4, -0.2) is 117 Å². The molecule has 196 valence electrons. The summed E-state index contributed by atoms with van der Waals surface area (Å²) in [6, 6.07) is 11.6. The lowest BCUT2D eigenvalue weighted by Crippen LogP contribution is -2.65. The van der Waals surface area contributed by atoms with Crippen LogP contribution in [0.5, 0.6) is 0 Å². The Morgan fingerprint density at radius 1 is 0.973 bits per heavy atom. The van der Waals surface area contributed by atoms with Crippen molar-refractivity contribution in [1.29, 1.82) is 0 Å². The zero-order valence-corrected chi connectivity index (χ0v) is 22.7. The van der Waals surface area contributed by atoms with Crippen LogP contribution in [0.15, 0.2) is 46.5 Å². The number of likely N-dealkylation sites (N-methyl/N-ethyl adjacent to an activating group) is 2. The number of hydrogen-bond donors (Lipinski definition) is 0. The topological polar surface area (TPSA) is 88.5 Å². The first kappa shape index (κ1) is 25.5. The summed E-state index contributed by atoms with van der Waals surface area (Å²) in [4.78, 5) is 49.6. The van der Waals surface area contributed by atoms with Gasteiger partial charge >= 0.3 is 6.03 Å². The summed E-state index contributed by atoms with van der Waals surface area (Å²) in [5, 5.41) is 0.737. The van der Waals surface area contributed by atoms with Crippen LogP contribution in [0.4, 0.5) is 4.79 Å². The van der Waals surface area contributed by atoms with E-state index < -0.39 is 12.2 Å². The van der Waals surface area contributed by atoms with Gasteiger partial charge in [0, 0.05) is 70.5 Å². The average molecular weight is 523 g/mol. The third kappa shape index (κ3) is 5.28. The Labute approximate surface area is 222 Å². The highest BCUT2D eigenvalue weighted by Gasteiger charge is 2.52. The fourth-order valence-corrected chi connectivity index (χ4v) is 6.08. The van der Waals surface area contributed by atoms with Crippen LogP contribution in [0.2, 0.25) is 0 Å². The van der Waals surface area contributed by atoms with E-state index in [1.165, 1.54) is 10.5 Å².